The van der Waals surface area contributed by atoms with E-state index in [0.29, 0.717) is 17.7 Å². The van der Waals surface area contributed by atoms with Crippen molar-refractivity contribution in [2.75, 3.05) is 17.8 Å². The molecule has 0 saturated carbocycles. The quantitative estimate of drug-likeness (QED) is 0.338. The Morgan fingerprint density at radius 2 is 1.89 bits per heavy atom. The zero-order valence-corrected chi connectivity index (χ0v) is 21.0. The highest BCUT2D eigenvalue weighted by Gasteiger charge is 2.73. The number of imide groups is 1. The van der Waals surface area contributed by atoms with Gasteiger partial charge in [0.15, 0.2) is 0 Å². The number of methoxy groups -OCH3 is 1. The van der Waals surface area contributed by atoms with Gasteiger partial charge in [-0.2, -0.15) is 5.26 Å². The van der Waals surface area contributed by atoms with Crippen LogP contribution < -0.4 is 9.64 Å². The van der Waals surface area contributed by atoms with Crippen molar-refractivity contribution in [1.29, 1.82) is 5.26 Å². The van der Waals surface area contributed by atoms with Crippen LogP contribution in [-0.2, 0) is 14.3 Å². The number of ether oxygens (including phenoxy) is 2. The van der Waals surface area contributed by atoms with E-state index < -0.39 is 23.0 Å². The summed E-state index contributed by atoms with van der Waals surface area (Å²) >= 11 is 1.70. The molecule has 182 valence electrons. The molecule has 3 heterocycles. The molecule has 3 aliphatic heterocycles. The van der Waals surface area contributed by atoms with Crippen molar-refractivity contribution in [1.82, 2.24) is 0 Å². The fourth-order valence-corrected chi connectivity index (χ4v) is 7.50. The van der Waals surface area contributed by atoms with Crippen molar-refractivity contribution in [2.24, 2.45) is 11.8 Å². The highest BCUT2D eigenvalue weighted by molar-refractivity contribution is 7.99. The van der Waals surface area contributed by atoms with Gasteiger partial charge in [-0.25, -0.2) is 4.90 Å². The molecule has 4 unspecified atom stereocenters. The van der Waals surface area contributed by atoms with Crippen molar-refractivity contribution in [3.8, 4) is 11.8 Å². The third-order valence-corrected chi connectivity index (χ3v) is 9.10. The van der Waals surface area contributed by atoms with Crippen LogP contribution in [0.5, 0.6) is 5.75 Å². The summed E-state index contributed by atoms with van der Waals surface area (Å²) in [6.07, 6.45) is 2.16. The van der Waals surface area contributed by atoms with E-state index in [9.17, 15) is 14.9 Å². The molecule has 4 atom stereocenters. The molecular weight excluding hydrogens is 472 g/mol. The number of thioether (sulfide) groups is 1. The van der Waals surface area contributed by atoms with Crippen LogP contribution in [0.15, 0.2) is 65.6 Å². The molecule has 3 aromatic rings. The lowest BCUT2D eigenvalue weighted by Gasteiger charge is -2.31. The molecule has 3 fully saturated rings. The van der Waals surface area contributed by atoms with E-state index in [0.717, 1.165) is 40.0 Å². The fraction of sp³-hybridized carbons (Fsp3) is 0.345. The first-order chi connectivity index (χ1) is 17.4. The summed E-state index contributed by atoms with van der Waals surface area (Å²) in [7, 11) is 1.65. The van der Waals surface area contributed by atoms with Crippen LogP contribution >= 0.6 is 11.8 Å². The average Bonchev–Trinajstić information content (AvgIpc) is 3.47. The molecule has 0 aromatic heterocycles. The summed E-state index contributed by atoms with van der Waals surface area (Å²) in [5, 5.41) is 11.6. The highest BCUT2D eigenvalue weighted by Crippen LogP contribution is 2.62. The number of carbonyl (C=O) groups is 2. The topological polar surface area (TPSA) is 79.6 Å². The molecule has 3 saturated heterocycles. The second kappa shape index (κ2) is 8.36. The summed E-state index contributed by atoms with van der Waals surface area (Å²) in [6.45, 7) is 1.97. The number of rotatable bonds is 6. The first kappa shape index (κ1) is 23.1. The number of amides is 2. The Morgan fingerprint density at radius 3 is 2.69 bits per heavy atom. The van der Waals surface area contributed by atoms with Crippen LogP contribution in [0, 0.1) is 23.2 Å². The maximum absolute atomic E-state index is 13.9. The summed E-state index contributed by atoms with van der Waals surface area (Å²) in [4.78, 5) is 30.1. The Balaban J connectivity index is 1.32. The molecule has 3 aromatic carbocycles. The fourth-order valence-electron chi connectivity index (χ4n) is 6.44. The number of nitrogens with zero attached hydrogens (tertiary/aromatic N) is 2. The Morgan fingerprint density at radius 1 is 1.08 bits per heavy atom. The van der Waals surface area contributed by atoms with Crippen molar-refractivity contribution in [3.63, 3.8) is 0 Å². The van der Waals surface area contributed by atoms with Crippen LogP contribution in [0.1, 0.15) is 31.7 Å². The number of carbonyl (C=O) groups excluding carboxylic acids is 2. The molecule has 0 aliphatic carbocycles. The van der Waals surface area contributed by atoms with Crippen molar-refractivity contribution >= 4 is 40.0 Å². The second-order valence-electron chi connectivity index (χ2n) is 10.0. The summed E-state index contributed by atoms with van der Waals surface area (Å²) < 4.78 is 11.9. The van der Waals surface area contributed by atoms with E-state index in [2.05, 4.69) is 6.07 Å². The molecule has 6 rings (SSSR count). The van der Waals surface area contributed by atoms with Crippen molar-refractivity contribution < 1.29 is 19.1 Å². The van der Waals surface area contributed by atoms with Gasteiger partial charge in [0, 0.05) is 16.0 Å². The maximum atomic E-state index is 13.9. The predicted octanol–water partition coefficient (Wildman–Crippen LogP) is 5.33. The standard InChI is InChI=1S/C29H26N2O4S/c1-28-12-13-29(35-28,14-15-36-20-8-5-7-19(16-20)34-2)25-24(28)26(32)31(27(25)33)23-11-10-18-6-3-4-9-21(18)22(23)17-30/h3-11,16,24-25H,12-15H2,1-2H3. The van der Waals surface area contributed by atoms with Gasteiger partial charge < -0.3 is 9.47 Å². The third kappa shape index (κ3) is 3.28. The van der Waals surface area contributed by atoms with Gasteiger partial charge in [0.2, 0.25) is 11.8 Å². The number of anilines is 1. The number of nitriles is 1. The molecule has 3 aliphatic rings. The highest BCUT2D eigenvalue weighted by atomic mass is 32.2. The lowest BCUT2D eigenvalue weighted by Crippen LogP contribution is -2.42. The van der Waals surface area contributed by atoms with Gasteiger partial charge in [0.1, 0.15) is 11.8 Å². The smallest absolute Gasteiger partial charge is 0.240 e. The second-order valence-corrected chi connectivity index (χ2v) is 11.2. The maximum Gasteiger partial charge on any atom is 0.240 e. The average molecular weight is 499 g/mol. The number of hydrogen-bond acceptors (Lipinski definition) is 6. The molecule has 2 amide bonds. The lowest BCUT2D eigenvalue weighted by molar-refractivity contribution is -0.130. The van der Waals surface area contributed by atoms with Crippen molar-refractivity contribution in [3.05, 3.63) is 66.2 Å². The van der Waals surface area contributed by atoms with E-state index in [1.807, 2.05) is 61.5 Å². The van der Waals surface area contributed by atoms with Gasteiger partial charge in [-0.1, -0.05) is 36.4 Å². The molecule has 0 N–H and O–H groups in total. The van der Waals surface area contributed by atoms with Crippen LogP contribution in [0.4, 0.5) is 5.69 Å². The zero-order chi connectivity index (χ0) is 25.1. The van der Waals surface area contributed by atoms with Crippen molar-refractivity contribution in [2.45, 2.75) is 42.3 Å². The number of hydrogen-bond donors (Lipinski definition) is 0. The van der Waals surface area contributed by atoms with Gasteiger partial charge in [-0.05, 0) is 55.8 Å². The largest absolute Gasteiger partial charge is 0.497 e. The van der Waals surface area contributed by atoms with Gasteiger partial charge in [0.05, 0.1) is 41.4 Å². The molecule has 36 heavy (non-hydrogen) atoms. The molecule has 2 bridgehead atoms. The zero-order valence-electron chi connectivity index (χ0n) is 20.2. The van der Waals surface area contributed by atoms with Crippen LogP contribution in [0.25, 0.3) is 10.8 Å². The monoisotopic (exact) mass is 498 g/mol. The minimum atomic E-state index is -0.670. The van der Waals surface area contributed by atoms with Crippen LogP contribution in [0.2, 0.25) is 0 Å². The number of benzene rings is 3. The van der Waals surface area contributed by atoms with Gasteiger partial charge >= 0.3 is 0 Å². The lowest BCUT2D eigenvalue weighted by atomic mass is 9.67. The van der Waals surface area contributed by atoms with E-state index in [-0.39, 0.29) is 11.8 Å². The first-order valence-electron chi connectivity index (χ1n) is 12.2. The normalized spacial score (nSPS) is 28.5. The molecule has 0 radical (unpaired) electrons. The van der Waals surface area contributed by atoms with E-state index in [1.165, 1.54) is 4.90 Å². The van der Waals surface area contributed by atoms with Gasteiger partial charge in [0.25, 0.3) is 0 Å². The predicted molar refractivity (Wildman–Crippen MR) is 138 cm³/mol. The molecule has 6 nitrogen and oxygen atoms in total. The molecule has 0 spiro atoms. The first-order valence-corrected chi connectivity index (χ1v) is 13.2. The SMILES string of the molecule is COc1cccc(SCCC23CCC(C)(O2)C2C(=O)N(c4ccc5ccccc5c4C#N)C(=O)C23)c1. The minimum absolute atomic E-state index is 0.244. The summed E-state index contributed by atoms with van der Waals surface area (Å²) in [5.74, 6) is 0.00621. The Kier molecular flexibility index (Phi) is 5.36. The Bertz CT molecular complexity index is 1450. The summed E-state index contributed by atoms with van der Waals surface area (Å²) in [6, 6.07) is 21.3. The third-order valence-electron chi connectivity index (χ3n) is 8.11. The Labute approximate surface area is 214 Å². The minimum Gasteiger partial charge on any atom is -0.497 e. The van der Waals surface area contributed by atoms with E-state index in [1.54, 1.807) is 24.9 Å². The number of fused-ring (bicyclic) bond motifs is 6. The van der Waals surface area contributed by atoms with Crippen LogP contribution in [0.3, 0.4) is 0 Å². The molecular formula is C29H26N2O4S. The van der Waals surface area contributed by atoms with Gasteiger partial charge in [-0.15, -0.1) is 11.8 Å². The van der Waals surface area contributed by atoms with E-state index in [4.69, 9.17) is 9.47 Å². The Hall–Kier alpha value is -3.34. The van der Waals surface area contributed by atoms with Gasteiger partial charge in [-0.3, -0.25) is 9.59 Å². The summed E-state index contributed by atoms with van der Waals surface area (Å²) in [5.41, 5.74) is -0.604. The van der Waals surface area contributed by atoms with Crippen LogP contribution in [-0.4, -0.2) is 35.9 Å². The van der Waals surface area contributed by atoms with E-state index >= 15 is 0 Å². The molecule has 7 heteroatoms.